The molecule has 2 aromatic rings. The molecule has 0 aliphatic heterocycles. The molecule has 0 fully saturated rings. The van der Waals surface area contributed by atoms with E-state index >= 15 is 0 Å². The van der Waals surface area contributed by atoms with Crippen molar-refractivity contribution in [2.75, 3.05) is 11.9 Å². The van der Waals surface area contributed by atoms with Gasteiger partial charge in [-0.15, -0.1) is 0 Å². The van der Waals surface area contributed by atoms with Crippen molar-refractivity contribution in [2.24, 2.45) is 0 Å². The number of hydrogen-bond donors (Lipinski definition) is 2. The average Bonchev–Trinajstić information content (AvgIpc) is 2.39. The van der Waals surface area contributed by atoms with Crippen LogP contribution in [0.5, 0.6) is 11.5 Å². The first-order valence-electron chi connectivity index (χ1n) is 5.36. The van der Waals surface area contributed by atoms with E-state index in [9.17, 15) is 9.90 Å². The van der Waals surface area contributed by atoms with Crippen LogP contribution in [-0.4, -0.2) is 22.6 Å². The number of carbonyl (C=O) groups is 1. The van der Waals surface area contributed by atoms with Gasteiger partial charge in [0.1, 0.15) is 0 Å². The summed E-state index contributed by atoms with van der Waals surface area (Å²) >= 11 is 0. The predicted octanol–water partition coefficient (Wildman–Crippen LogP) is 1.80. The van der Waals surface area contributed by atoms with Gasteiger partial charge in [0.25, 0.3) is 5.91 Å². The number of carbonyl (C=O) groups excluding carboxylic acids is 1. The summed E-state index contributed by atoms with van der Waals surface area (Å²) in [6, 6.07) is 9.84. The van der Waals surface area contributed by atoms with E-state index < -0.39 is 0 Å². The minimum absolute atomic E-state index is 0.00853. The quantitative estimate of drug-likeness (QED) is 0.860. The summed E-state index contributed by atoms with van der Waals surface area (Å²) in [5, 5.41) is 12.1. The summed E-state index contributed by atoms with van der Waals surface area (Å²) in [6.07, 6.45) is 3.17. The first-order valence-corrected chi connectivity index (χ1v) is 5.36. The molecule has 0 saturated carbocycles. The Hall–Kier alpha value is -2.56. The van der Waals surface area contributed by atoms with Crippen molar-refractivity contribution < 1.29 is 14.6 Å². The van der Waals surface area contributed by atoms with Gasteiger partial charge in [-0.05, 0) is 24.3 Å². The molecular formula is C13H12N2O3. The van der Waals surface area contributed by atoms with E-state index in [-0.39, 0.29) is 24.0 Å². The third kappa shape index (κ3) is 3.21. The van der Waals surface area contributed by atoms with E-state index in [1.54, 1.807) is 42.7 Å². The van der Waals surface area contributed by atoms with Crippen molar-refractivity contribution in [1.82, 2.24) is 4.98 Å². The summed E-state index contributed by atoms with van der Waals surface area (Å²) in [7, 11) is 0. The minimum atomic E-state index is -0.301. The Balaban J connectivity index is 1.88. The van der Waals surface area contributed by atoms with E-state index in [1.165, 1.54) is 6.07 Å². The number of phenolic OH excluding ortho intramolecular Hbond substituents is 1. The van der Waals surface area contributed by atoms with Crippen molar-refractivity contribution in [3.8, 4) is 11.5 Å². The van der Waals surface area contributed by atoms with Crippen molar-refractivity contribution in [3.63, 3.8) is 0 Å². The van der Waals surface area contributed by atoms with Crippen LogP contribution in [0.25, 0.3) is 0 Å². The smallest absolute Gasteiger partial charge is 0.262 e. The highest BCUT2D eigenvalue weighted by molar-refractivity contribution is 5.91. The van der Waals surface area contributed by atoms with Crippen LogP contribution in [0.1, 0.15) is 0 Å². The van der Waals surface area contributed by atoms with Crippen LogP contribution in [0.2, 0.25) is 0 Å². The third-order valence-corrected chi connectivity index (χ3v) is 2.19. The number of ether oxygens (including phenoxy) is 1. The highest BCUT2D eigenvalue weighted by atomic mass is 16.5. The van der Waals surface area contributed by atoms with Crippen molar-refractivity contribution in [3.05, 3.63) is 48.8 Å². The number of para-hydroxylation sites is 2. The zero-order valence-electron chi connectivity index (χ0n) is 9.54. The summed E-state index contributed by atoms with van der Waals surface area (Å²) in [4.78, 5) is 15.4. The number of pyridine rings is 1. The number of aromatic nitrogens is 1. The lowest BCUT2D eigenvalue weighted by molar-refractivity contribution is -0.118. The normalized spacial score (nSPS) is 9.78. The van der Waals surface area contributed by atoms with Gasteiger partial charge >= 0.3 is 0 Å². The summed E-state index contributed by atoms with van der Waals surface area (Å²) in [5.74, 6) is -0.0129. The SMILES string of the molecule is O=C(COc1ccccc1O)Nc1ccncc1. The molecule has 92 valence electrons. The fraction of sp³-hybridized carbons (Fsp3) is 0.0769. The lowest BCUT2D eigenvalue weighted by Crippen LogP contribution is -2.20. The molecule has 1 heterocycles. The zero-order valence-corrected chi connectivity index (χ0v) is 9.54. The fourth-order valence-electron chi connectivity index (χ4n) is 1.35. The van der Waals surface area contributed by atoms with Gasteiger partial charge in [-0.25, -0.2) is 0 Å². The number of amides is 1. The molecule has 0 aliphatic carbocycles. The summed E-state index contributed by atoms with van der Waals surface area (Å²) in [5.41, 5.74) is 0.649. The van der Waals surface area contributed by atoms with E-state index in [0.29, 0.717) is 5.69 Å². The lowest BCUT2D eigenvalue weighted by atomic mass is 10.3. The molecule has 2 N–H and O–H groups in total. The maximum absolute atomic E-state index is 11.6. The van der Waals surface area contributed by atoms with Gasteiger partial charge in [0.05, 0.1) is 0 Å². The Labute approximate surface area is 104 Å². The van der Waals surface area contributed by atoms with Gasteiger partial charge in [-0.2, -0.15) is 0 Å². The Morgan fingerprint density at radius 2 is 1.94 bits per heavy atom. The monoisotopic (exact) mass is 244 g/mol. The second-order valence-corrected chi connectivity index (χ2v) is 3.54. The van der Waals surface area contributed by atoms with Crippen molar-refractivity contribution >= 4 is 11.6 Å². The van der Waals surface area contributed by atoms with Gasteiger partial charge < -0.3 is 15.2 Å². The molecule has 0 radical (unpaired) electrons. The van der Waals surface area contributed by atoms with Crippen molar-refractivity contribution in [1.29, 1.82) is 0 Å². The lowest BCUT2D eigenvalue weighted by Gasteiger charge is -2.08. The van der Waals surface area contributed by atoms with Gasteiger partial charge in [-0.1, -0.05) is 12.1 Å². The molecule has 5 heteroatoms. The number of nitrogens with zero attached hydrogens (tertiary/aromatic N) is 1. The summed E-state index contributed by atoms with van der Waals surface area (Å²) < 4.78 is 5.19. The van der Waals surface area contributed by atoms with E-state index in [0.717, 1.165) is 0 Å². The van der Waals surface area contributed by atoms with Crippen LogP contribution in [0, 0.1) is 0 Å². The van der Waals surface area contributed by atoms with Crippen LogP contribution < -0.4 is 10.1 Å². The Morgan fingerprint density at radius 3 is 2.67 bits per heavy atom. The van der Waals surface area contributed by atoms with E-state index in [4.69, 9.17) is 4.74 Å². The Kier molecular flexibility index (Phi) is 3.76. The molecule has 1 aromatic heterocycles. The van der Waals surface area contributed by atoms with E-state index in [1.807, 2.05) is 0 Å². The van der Waals surface area contributed by atoms with Crippen LogP contribution in [0.3, 0.4) is 0 Å². The van der Waals surface area contributed by atoms with Gasteiger partial charge in [0.2, 0.25) is 0 Å². The maximum atomic E-state index is 11.6. The molecule has 2 rings (SSSR count). The molecule has 0 atom stereocenters. The second-order valence-electron chi connectivity index (χ2n) is 3.54. The van der Waals surface area contributed by atoms with Crippen LogP contribution in [0.15, 0.2) is 48.8 Å². The van der Waals surface area contributed by atoms with E-state index in [2.05, 4.69) is 10.3 Å². The molecule has 0 unspecified atom stereocenters. The molecule has 0 aliphatic rings. The van der Waals surface area contributed by atoms with Crippen molar-refractivity contribution in [2.45, 2.75) is 0 Å². The molecule has 18 heavy (non-hydrogen) atoms. The molecular weight excluding hydrogens is 232 g/mol. The largest absolute Gasteiger partial charge is 0.504 e. The first kappa shape index (κ1) is 11.9. The molecule has 0 spiro atoms. The average molecular weight is 244 g/mol. The van der Waals surface area contributed by atoms with Gasteiger partial charge in [-0.3, -0.25) is 9.78 Å². The van der Waals surface area contributed by atoms with Gasteiger partial charge in [0.15, 0.2) is 18.1 Å². The standard InChI is InChI=1S/C13H12N2O3/c16-11-3-1-2-4-12(11)18-9-13(17)15-10-5-7-14-8-6-10/h1-8,16H,9H2,(H,14,15,17). The minimum Gasteiger partial charge on any atom is -0.504 e. The number of anilines is 1. The Bertz CT molecular complexity index is 529. The number of phenols is 1. The fourth-order valence-corrected chi connectivity index (χ4v) is 1.35. The zero-order chi connectivity index (χ0) is 12.8. The van der Waals surface area contributed by atoms with Gasteiger partial charge in [0, 0.05) is 18.1 Å². The van der Waals surface area contributed by atoms with Crippen LogP contribution >= 0.6 is 0 Å². The highest BCUT2D eigenvalue weighted by Crippen LogP contribution is 2.24. The maximum Gasteiger partial charge on any atom is 0.262 e. The number of aromatic hydroxyl groups is 1. The third-order valence-electron chi connectivity index (χ3n) is 2.19. The molecule has 5 nitrogen and oxygen atoms in total. The summed E-state index contributed by atoms with van der Waals surface area (Å²) in [6.45, 7) is -0.167. The number of benzene rings is 1. The number of hydrogen-bond acceptors (Lipinski definition) is 4. The Morgan fingerprint density at radius 1 is 1.22 bits per heavy atom. The van der Waals surface area contributed by atoms with Crippen LogP contribution in [0.4, 0.5) is 5.69 Å². The number of rotatable bonds is 4. The molecule has 1 aromatic carbocycles. The highest BCUT2D eigenvalue weighted by Gasteiger charge is 2.05. The first-order chi connectivity index (χ1) is 8.75. The predicted molar refractivity (Wildman–Crippen MR) is 66.5 cm³/mol. The molecule has 0 bridgehead atoms. The topological polar surface area (TPSA) is 71.5 Å². The molecule has 0 saturated heterocycles. The second kappa shape index (κ2) is 5.67. The molecule has 1 amide bonds. The van der Waals surface area contributed by atoms with Crippen LogP contribution in [-0.2, 0) is 4.79 Å². The number of nitrogens with one attached hydrogen (secondary N) is 1.